The molecule has 1 heterocycles. The molecule has 108 valence electrons. The van der Waals surface area contributed by atoms with Crippen LogP contribution in [0.15, 0.2) is 0 Å². The Morgan fingerprint density at radius 2 is 1.89 bits per heavy atom. The molecule has 1 N–H and O–H groups in total. The van der Waals surface area contributed by atoms with E-state index in [1.54, 1.807) is 0 Å². The van der Waals surface area contributed by atoms with Crippen molar-refractivity contribution >= 4 is 18.4 Å². The maximum atomic E-state index is 11.0. The van der Waals surface area contributed by atoms with Crippen molar-refractivity contribution in [1.29, 1.82) is 0 Å². The van der Waals surface area contributed by atoms with Crippen molar-refractivity contribution in [1.82, 2.24) is 0 Å². The molecule has 0 radical (unpaired) electrons. The normalized spacial score (nSPS) is 26.6. The first-order chi connectivity index (χ1) is 7.92. The lowest BCUT2D eigenvalue weighted by Gasteiger charge is -2.39. The van der Waals surface area contributed by atoms with Crippen LogP contribution < -0.4 is 0 Å². The zero-order valence-corrected chi connectivity index (χ0v) is 13.6. The van der Waals surface area contributed by atoms with Crippen molar-refractivity contribution in [3.63, 3.8) is 0 Å². The smallest absolute Gasteiger partial charge is 0.265 e. The minimum Gasteiger partial charge on any atom is -0.411 e. The molecule has 1 saturated heterocycles. The first-order valence-electron chi connectivity index (χ1n) is 6.13. The summed E-state index contributed by atoms with van der Waals surface area (Å²) in [6, 6.07) is 0. The predicted octanol–water partition coefficient (Wildman–Crippen LogP) is 1.91. The second-order valence-electron chi connectivity index (χ2n) is 6.46. The monoisotopic (exact) mass is 296 g/mol. The van der Waals surface area contributed by atoms with Gasteiger partial charge >= 0.3 is 0 Å². The molecule has 5 nitrogen and oxygen atoms in total. The Labute approximate surface area is 111 Å². The fraction of sp³-hybridized carbons (Fsp3) is 1.00. The summed E-state index contributed by atoms with van der Waals surface area (Å²) in [6.07, 6.45) is -0.229. The maximum absolute atomic E-state index is 11.0. The lowest BCUT2D eigenvalue weighted by Crippen LogP contribution is -2.46. The molecule has 0 amide bonds. The Bertz CT molecular complexity index is 385. The summed E-state index contributed by atoms with van der Waals surface area (Å²) in [6.45, 7) is 11.4. The highest BCUT2D eigenvalue weighted by molar-refractivity contribution is 7.85. The molecule has 2 atom stereocenters. The highest BCUT2D eigenvalue weighted by Crippen LogP contribution is 2.38. The van der Waals surface area contributed by atoms with Crippen molar-refractivity contribution < 1.29 is 22.1 Å². The Kier molecular flexibility index (Phi) is 4.65. The average Bonchev–Trinajstić information content (AvgIpc) is 2.46. The average molecular weight is 296 g/mol. The summed E-state index contributed by atoms with van der Waals surface area (Å²) in [7, 11) is -5.92. The summed E-state index contributed by atoms with van der Waals surface area (Å²) in [5, 5.41) is 0.0677. The summed E-state index contributed by atoms with van der Waals surface area (Å²) < 4.78 is 42.3. The van der Waals surface area contributed by atoms with E-state index in [4.69, 9.17) is 13.7 Å². The fourth-order valence-corrected chi connectivity index (χ4v) is 3.91. The van der Waals surface area contributed by atoms with Crippen molar-refractivity contribution in [2.45, 2.75) is 45.0 Å². The molecule has 1 aliphatic heterocycles. The minimum atomic E-state index is -3.98. The Morgan fingerprint density at radius 3 is 2.33 bits per heavy atom. The first-order valence-corrected chi connectivity index (χ1v) is 10.6. The van der Waals surface area contributed by atoms with Crippen LogP contribution in [0.2, 0.25) is 18.1 Å². The van der Waals surface area contributed by atoms with Gasteiger partial charge in [0.25, 0.3) is 10.1 Å². The first kappa shape index (κ1) is 16.1. The largest absolute Gasteiger partial charge is 0.411 e. The van der Waals surface area contributed by atoms with E-state index in [1.807, 2.05) is 0 Å². The van der Waals surface area contributed by atoms with Crippen LogP contribution in [0.3, 0.4) is 0 Å². The molecule has 7 heteroatoms. The molecule has 0 aromatic carbocycles. The zero-order valence-electron chi connectivity index (χ0n) is 11.8. The molecular weight excluding hydrogens is 272 g/mol. The van der Waals surface area contributed by atoms with Crippen molar-refractivity contribution in [2.24, 2.45) is 5.92 Å². The lowest BCUT2D eigenvalue weighted by atomic mass is 10.1. The molecule has 1 aliphatic rings. The van der Waals surface area contributed by atoms with Gasteiger partial charge < -0.3 is 9.16 Å². The van der Waals surface area contributed by atoms with Crippen molar-refractivity contribution in [2.75, 3.05) is 19.0 Å². The van der Waals surface area contributed by atoms with E-state index in [-0.39, 0.29) is 22.8 Å². The Balaban J connectivity index is 2.72. The van der Waals surface area contributed by atoms with Gasteiger partial charge in [-0.25, -0.2) is 0 Å². The zero-order chi connectivity index (χ0) is 14.2. The predicted molar refractivity (Wildman–Crippen MR) is 72.8 cm³/mol. The van der Waals surface area contributed by atoms with E-state index in [0.717, 1.165) is 0 Å². The van der Waals surface area contributed by atoms with E-state index in [2.05, 4.69) is 33.9 Å². The highest BCUT2D eigenvalue weighted by Gasteiger charge is 2.43. The van der Waals surface area contributed by atoms with E-state index >= 15 is 0 Å². The van der Waals surface area contributed by atoms with Gasteiger partial charge in [-0.2, -0.15) is 8.42 Å². The molecule has 1 rings (SSSR count). The van der Waals surface area contributed by atoms with Crippen LogP contribution in [0.1, 0.15) is 20.8 Å². The van der Waals surface area contributed by atoms with E-state index in [1.165, 1.54) is 0 Å². The summed E-state index contributed by atoms with van der Waals surface area (Å²) in [5.41, 5.74) is 0. The molecule has 0 spiro atoms. The molecule has 0 bridgehead atoms. The number of hydrogen-bond acceptors (Lipinski definition) is 4. The molecule has 0 aromatic rings. The molecule has 0 saturated carbocycles. The highest BCUT2D eigenvalue weighted by atomic mass is 32.2. The number of hydrogen-bond donors (Lipinski definition) is 1. The summed E-state index contributed by atoms with van der Waals surface area (Å²) >= 11 is 0. The van der Waals surface area contributed by atoms with E-state index in [0.29, 0.717) is 13.2 Å². The molecule has 18 heavy (non-hydrogen) atoms. The van der Waals surface area contributed by atoms with Crippen LogP contribution in [0.5, 0.6) is 0 Å². The third kappa shape index (κ3) is 4.31. The van der Waals surface area contributed by atoms with Crippen LogP contribution >= 0.6 is 0 Å². The van der Waals surface area contributed by atoms with Crippen LogP contribution in [-0.2, 0) is 19.3 Å². The molecule has 0 aliphatic carbocycles. The Hall–Kier alpha value is 0.0469. The molecule has 1 fully saturated rings. The molecular formula is C11H24O5SSi. The number of rotatable bonds is 4. The van der Waals surface area contributed by atoms with Gasteiger partial charge in [0.15, 0.2) is 8.32 Å². The topological polar surface area (TPSA) is 72.8 Å². The van der Waals surface area contributed by atoms with Gasteiger partial charge in [0.1, 0.15) is 0 Å². The Morgan fingerprint density at radius 1 is 1.33 bits per heavy atom. The van der Waals surface area contributed by atoms with Crippen molar-refractivity contribution in [3.8, 4) is 0 Å². The van der Waals surface area contributed by atoms with Gasteiger partial charge in [-0.1, -0.05) is 20.8 Å². The SMILES string of the molecule is CC(C)(C)[Si](C)(C)O[C@@H]1COC[C@@H]1CS(=O)(=O)O. The second-order valence-corrected chi connectivity index (χ2v) is 12.7. The fourth-order valence-electron chi connectivity index (χ4n) is 1.69. The molecule has 0 aromatic heterocycles. The van der Waals surface area contributed by atoms with Crippen LogP contribution in [-0.4, -0.2) is 46.4 Å². The summed E-state index contributed by atoms with van der Waals surface area (Å²) in [5.74, 6) is -0.555. The standard InChI is InChI=1S/C11H24O5SSi/c1-11(2,3)18(4,5)16-10-7-15-6-9(10)8-17(12,13)14/h9-10H,6-8H2,1-5H3,(H,12,13,14)/t9-,10-/m1/s1. The van der Waals surface area contributed by atoms with Gasteiger partial charge in [-0.15, -0.1) is 0 Å². The quantitative estimate of drug-likeness (QED) is 0.634. The van der Waals surface area contributed by atoms with Crippen LogP contribution in [0.4, 0.5) is 0 Å². The van der Waals surface area contributed by atoms with Gasteiger partial charge in [0, 0.05) is 5.92 Å². The van der Waals surface area contributed by atoms with Gasteiger partial charge in [-0.3, -0.25) is 4.55 Å². The third-order valence-electron chi connectivity index (χ3n) is 3.82. The summed E-state index contributed by atoms with van der Waals surface area (Å²) in [4.78, 5) is 0. The van der Waals surface area contributed by atoms with Gasteiger partial charge in [0.05, 0.1) is 25.1 Å². The minimum absolute atomic E-state index is 0.0677. The number of ether oxygens (including phenoxy) is 1. The van der Waals surface area contributed by atoms with Crippen LogP contribution in [0.25, 0.3) is 0 Å². The maximum Gasteiger partial charge on any atom is 0.265 e. The van der Waals surface area contributed by atoms with E-state index in [9.17, 15) is 8.42 Å². The lowest BCUT2D eigenvalue weighted by molar-refractivity contribution is 0.126. The second kappa shape index (κ2) is 5.20. The van der Waals surface area contributed by atoms with Gasteiger partial charge in [0.2, 0.25) is 0 Å². The van der Waals surface area contributed by atoms with Gasteiger partial charge in [-0.05, 0) is 18.1 Å². The third-order valence-corrected chi connectivity index (χ3v) is 9.17. The van der Waals surface area contributed by atoms with E-state index < -0.39 is 18.4 Å². The van der Waals surface area contributed by atoms with Crippen molar-refractivity contribution in [3.05, 3.63) is 0 Å². The van der Waals surface area contributed by atoms with Crippen LogP contribution in [0, 0.1) is 5.92 Å². The molecule has 0 unspecified atom stereocenters.